The Hall–Kier alpha value is -2.30. The summed E-state index contributed by atoms with van der Waals surface area (Å²) in [5.74, 6) is -1.02. The molecule has 0 amide bonds. The van der Waals surface area contributed by atoms with Crippen molar-refractivity contribution in [2.24, 2.45) is 7.05 Å². The minimum Gasteiger partial charge on any atom is -0.478 e. The third kappa shape index (κ3) is 1.99. The summed E-state index contributed by atoms with van der Waals surface area (Å²) in [4.78, 5) is 22.3. The zero-order chi connectivity index (χ0) is 12.4. The monoisotopic (exact) mass is 232 g/mol. The Bertz CT molecular complexity index is 649. The van der Waals surface area contributed by atoms with E-state index in [1.165, 1.54) is 10.6 Å². The molecule has 1 aromatic heterocycles. The largest absolute Gasteiger partial charge is 0.478 e. The molecule has 0 fully saturated rings. The molecule has 0 radical (unpaired) electrons. The van der Waals surface area contributed by atoms with Gasteiger partial charge in [0, 0.05) is 19.7 Å². The van der Waals surface area contributed by atoms with E-state index in [1.807, 2.05) is 24.3 Å². The van der Waals surface area contributed by atoms with Crippen LogP contribution in [-0.4, -0.2) is 20.2 Å². The molecule has 0 aliphatic carbocycles. The molecule has 0 bridgehead atoms. The van der Waals surface area contributed by atoms with Crippen LogP contribution in [-0.2, 0) is 18.4 Å². The maximum Gasteiger partial charge on any atom is 0.329 e. The first-order valence-corrected chi connectivity index (χ1v) is 5.15. The quantitative estimate of drug-likeness (QED) is 0.802. The average Bonchev–Trinajstić information content (AvgIpc) is 2.54. The highest BCUT2D eigenvalue weighted by Crippen LogP contribution is 2.11. The minimum atomic E-state index is -1.02. The van der Waals surface area contributed by atoms with E-state index in [-0.39, 0.29) is 12.2 Å². The third-order valence-electron chi connectivity index (χ3n) is 2.60. The summed E-state index contributed by atoms with van der Waals surface area (Å²) in [6.45, 7) is 0.256. The van der Waals surface area contributed by atoms with Crippen molar-refractivity contribution < 1.29 is 9.90 Å². The van der Waals surface area contributed by atoms with Crippen LogP contribution in [0.5, 0.6) is 0 Å². The Kier molecular flexibility index (Phi) is 2.82. The number of para-hydroxylation sites is 2. The first kappa shape index (κ1) is 11.2. The summed E-state index contributed by atoms with van der Waals surface area (Å²) < 4.78 is 3.08. The van der Waals surface area contributed by atoms with Crippen LogP contribution < -0.4 is 5.69 Å². The summed E-state index contributed by atoms with van der Waals surface area (Å²) in [6.07, 6.45) is 2.49. The summed E-state index contributed by atoms with van der Waals surface area (Å²) in [7, 11) is 1.70. The molecule has 0 spiro atoms. The van der Waals surface area contributed by atoms with Gasteiger partial charge in [-0.25, -0.2) is 9.59 Å². The highest BCUT2D eigenvalue weighted by Gasteiger charge is 2.07. The lowest BCUT2D eigenvalue weighted by Gasteiger charge is -1.96. The molecule has 2 aromatic rings. The number of rotatable bonds is 3. The van der Waals surface area contributed by atoms with Crippen molar-refractivity contribution in [3.8, 4) is 0 Å². The molecule has 17 heavy (non-hydrogen) atoms. The lowest BCUT2D eigenvalue weighted by molar-refractivity contribution is -0.131. The lowest BCUT2D eigenvalue weighted by Crippen LogP contribution is -2.21. The number of carboxylic acids is 1. The summed E-state index contributed by atoms with van der Waals surface area (Å²) in [5.41, 5.74) is 1.48. The third-order valence-corrected chi connectivity index (χ3v) is 2.60. The fraction of sp³-hybridized carbons (Fsp3) is 0.167. The second kappa shape index (κ2) is 4.29. The van der Waals surface area contributed by atoms with Gasteiger partial charge in [-0.2, -0.15) is 0 Å². The fourth-order valence-electron chi connectivity index (χ4n) is 1.80. The van der Waals surface area contributed by atoms with Gasteiger partial charge in [0.2, 0.25) is 0 Å². The molecule has 5 heteroatoms. The molecule has 0 saturated carbocycles. The van der Waals surface area contributed by atoms with E-state index in [4.69, 9.17) is 5.11 Å². The number of benzene rings is 1. The van der Waals surface area contributed by atoms with E-state index >= 15 is 0 Å². The van der Waals surface area contributed by atoms with Gasteiger partial charge in [0.1, 0.15) is 0 Å². The van der Waals surface area contributed by atoms with Gasteiger partial charge < -0.3 is 5.11 Å². The normalized spacial score (nSPS) is 11.4. The number of hydrogen-bond donors (Lipinski definition) is 1. The molecule has 1 aromatic carbocycles. The molecule has 1 heterocycles. The topological polar surface area (TPSA) is 64.2 Å². The number of aliphatic carboxylic acids is 1. The summed E-state index contributed by atoms with van der Waals surface area (Å²) >= 11 is 0. The lowest BCUT2D eigenvalue weighted by atomic mass is 10.3. The number of carbonyl (C=O) groups is 1. The maximum absolute atomic E-state index is 11.9. The standard InChI is InChI=1S/C12H12N2O3/c1-13-9-5-2-3-6-10(9)14(12(13)17)8-4-7-11(15)16/h2-7H,8H2,1H3,(H,15,16). The SMILES string of the molecule is Cn1c(=O)n(CC=CC(=O)O)c2ccccc21. The van der Waals surface area contributed by atoms with Crippen molar-refractivity contribution in [2.45, 2.75) is 6.54 Å². The smallest absolute Gasteiger partial charge is 0.329 e. The first-order chi connectivity index (χ1) is 8.11. The number of hydrogen-bond acceptors (Lipinski definition) is 2. The molecule has 5 nitrogen and oxygen atoms in total. The number of imidazole rings is 1. The number of aromatic nitrogens is 2. The molecular weight excluding hydrogens is 220 g/mol. The zero-order valence-corrected chi connectivity index (χ0v) is 9.33. The second-order valence-electron chi connectivity index (χ2n) is 3.68. The molecule has 2 rings (SSSR count). The van der Waals surface area contributed by atoms with Crippen LogP contribution in [0.25, 0.3) is 11.0 Å². The van der Waals surface area contributed by atoms with Crippen LogP contribution in [0.2, 0.25) is 0 Å². The second-order valence-corrected chi connectivity index (χ2v) is 3.68. The van der Waals surface area contributed by atoms with Gasteiger partial charge in [-0.1, -0.05) is 18.2 Å². The number of nitrogens with zero attached hydrogens (tertiary/aromatic N) is 2. The molecule has 0 aliphatic rings. The van der Waals surface area contributed by atoms with Crippen molar-refractivity contribution in [3.63, 3.8) is 0 Å². The van der Waals surface area contributed by atoms with Crippen LogP contribution in [0.3, 0.4) is 0 Å². The molecule has 1 N–H and O–H groups in total. The van der Waals surface area contributed by atoms with Gasteiger partial charge in [-0.3, -0.25) is 9.13 Å². The van der Waals surface area contributed by atoms with E-state index < -0.39 is 5.97 Å². The highest BCUT2D eigenvalue weighted by molar-refractivity contribution is 5.80. The highest BCUT2D eigenvalue weighted by atomic mass is 16.4. The Morgan fingerprint density at radius 3 is 2.65 bits per heavy atom. The van der Waals surface area contributed by atoms with Gasteiger partial charge >= 0.3 is 11.7 Å². The number of allylic oxidation sites excluding steroid dienone is 1. The Labute approximate surface area is 97.2 Å². The number of aryl methyl sites for hydroxylation is 1. The summed E-state index contributed by atoms with van der Waals surface area (Å²) in [6, 6.07) is 7.40. The van der Waals surface area contributed by atoms with Crippen molar-refractivity contribution in [1.82, 2.24) is 9.13 Å². The minimum absolute atomic E-state index is 0.152. The van der Waals surface area contributed by atoms with Crippen LogP contribution >= 0.6 is 0 Å². The molecular formula is C12H12N2O3. The van der Waals surface area contributed by atoms with E-state index in [2.05, 4.69) is 0 Å². The predicted octanol–water partition coefficient (Wildman–Crippen LogP) is 0.981. The molecule has 0 atom stereocenters. The van der Waals surface area contributed by atoms with E-state index in [1.54, 1.807) is 11.6 Å². The van der Waals surface area contributed by atoms with Crippen molar-refractivity contribution >= 4 is 17.0 Å². The van der Waals surface area contributed by atoms with Crippen LogP contribution in [0, 0.1) is 0 Å². The van der Waals surface area contributed by atoms with E-state index in [9.17, 15) is 9.59 Å². The Morgan fingerprint density at radius 2 is 2.00 bits per heavy atom. The van der Waals surface area contributed by atoms with E-state index in [0.717, 1.165) is 17.1 Å². The Morgan fingerprint density at radius 1 is 1.35 bits per heavy atom. The molecule has 0 saturated heterocycles. The predicted molar refractivity (Wildman–Crippen MR) is 64.0 cm³/mol. The van der Waals surface area contributed by atoms with Gasteiger partial charge in [0.25, 0.3) is 0 Å². The van der Waals surface area contributed by atoms with Crippen molar-refractivity contribution in [3.05, 3.63) is 46.9 Å². The first-order valence-electron chi connectivity index (χ1n) is 5.15. The van der Waals surface area contributed by atoms with Crippen LogP contribution in [0.15, 0.2) is 41.2 Å². The molecule has 0 unspecified atom stereocenters. The molecule has 88 valence electrons. The van der Waals surface area contributed by atoms with Gasteiger partial charge in [0.15, 0.2) is 0 Å². The number of fused-ring (bicyclic) bond motifs is 1. The Balaban J connectivity index is 2.50. The molecule has 0 aliphatic heterocycles. The van der Waals surface area contributed by atoms with Gasteiger partial charge in [0.05, 0.1) is 11.0 Å². The van der Waals surface area contributed by atoms with Gasteiger partial charge in [-0.15, -0.1) is 0 Å². The van der Waals surface area contributed by atoms with Crippen molar-refractivity contribution in [2.75, 3.05) is 0 Å². The van der Waals surface area contributed by atoms with E-state index in [0.29, 0.717) is 0 Å². The zero-order valence-electron chi connectivity index (χ0n) is 9.33. The van der Waals surface area contributed by atoms with Crippen LogP contribution in [0.4, 0.5) is 0 Å². The summed E-state index contributed by atoms with van der Waals surface area (Å²) in [5, 5.41) is 8.50. The number of carboxylic acid groups (broad SMARTS) is 1. The maximum atomic E-state index is 11.9. The van der Waals surface area contributed by atoms with Crippen molar-refractivity contribution in [1.29, 1.82) is 0 Å². The average molecular weight is 232 g/mol. The van der Waals surface area contributed by atoms with Gasteiger partial charge in [-0.05, 0) is 12.1 Å². The fourth-order valence-corrected chi connectivity index (χ4v) is 1.80. The van der Waals surface area contributed by atoms with Crippen LogP contribution in [0.1, 0.15) is 0 Å².